The van der Waals surface area contributed by atoms with Crippen LogP contribution in [0.3, 0.4) is 0 Å². The Kier molecular flexibility index (Phi) is 5.95. The van der Waals surface area contributed by atoms with Crippen LogP contribution in [-0.4, -0.2) is 55.7 Å². The van der Waals surface area contributed by atoms with Crippen molar-refractivity contribution in [2.75, 3.05) is 23.7 Å². The SMILES string of the molecule is Cc1ccnc(SCC(=O)NC2CCN(c3nccc(-c4cccnc4)n3)C2)n1. The van der Waals surface area contributed by atoms with Gasteiger partial charge in [0.25, 0.3) is 0 Å². The molecule has 9 heteroatoms. The number of thioether (sulfide) groups is 1. The number of rotatable bonds is 6. The first kappa shape index (κ1) is 19.3. The molecule has 4 heterocycles. The monoisotopic (exact) mass is 407 g/mol. The molecule has 0 aliphatic carbocycles. The van der Waals surface area contributed by atoms with E-state index in [9.17, 15) is 4.79 Å². The largest absolute Gasteiger partial charge is 0.351 e. The maximum atomic E-state index is 12.3. The minimum atomic E-state index is -0.0167. The van der Waals surface area contributed by atoms with E-state index in [0.717, 1.165) is 29.9 Å². The van der Waals surface area contributed by atoms with Crippen LogP contribution in [0.25, 0.3) is 11.3 Å². The van der Waals surface area contributed by atoms with Crippen molar-refractivity contribution in [2.45, 2.75) is 24.5 Å². The van der Waals surface area contributed by atoms with Gasteiger partial charge < -0.3 is 10.2 Å². The maximum Gasteiger partial charge on any atom is 0.230 e. The van der Waals surface area contributed by atoms with E-state index in [1.54, 1.807) is 24.8 Å². The summed E-state index contributed by atoms with van der Waals surface area (Å²) in [6.07, 6.45) is 7.85. The molecule has 148 valence electrons. The molecular weight excluding hydrogens is 386 g/mol. The number of nitrogens with one attached hydrogen (secondary N) is 1. The number of carbonyl (C=O) groups is 1. The van der Waals surface area contributed by atoms with Crippen molar-refractivity contribution in [3.05, 3.63) is 54.7 Å². The van der Waals surface area contributed by atoms with Crippen molar-refractivity contribution in [3.63, 3.8) is 0 Å². The summed E-state index contributed by atoms with van der Waals surface area (Å²) in [5.41, 5.74) is 2.68. The van der Waals surface area contributed by atoms with E-state index < -0.39 is 0 Å². The van der Waals surface area contributed by atoms with Gasteiger partial charge in [0.15, 0.2) is 5.16 Å². The topological polar surface area (TPSA) is 96.8 Å². The maximum absolute atomic E-state index is 12.3. The van der Waals surface area contributed by atoms with Crippen LogP contribution in [0.2, 0.25) is 0 Å². The van der Waals surface area contributed by atoms with Gasteiger partial charge in [0.05, 0.1) is 11.4 Å². The van der Waals surface area contributed by atoms with Crippen molar-refractivity contribution in [3.8, 4) is 11.3 Å². The van der Waals surface area contributed by atoms with E-state index in [0.29, 0.717) is 23.4 Å². The van der Waals surface area contributed by atoms with E-state index in [1.807, 2.05) is 31.2 Å². The number of aryl methyl sites for hydroxylation is 1. The number of hydrogen-bond acceptors (Lipinski definition) is 8. The van der Waals surface area contributed by atoms with Crippen LogP contribution >= 0.6 is 11.8 Å². The molecule has 1 saturated heterocycles. The first-order valence-electron chi connectivity index (χ1n) is 9.37. The second-order valence-electron chi connectivity index (χ2n) is 6.75. The van der Waals surface area contributed by atoms with Crippen LogP contribution in [0.5, 0.6) is 0 Å². The van der Waals surface area contributed by atoms with E-state index in [4.69, 9.17) is 0 Å². The first-order valence-corrected chi connectivity index (χ1v) is 10.4. The minimum Gasteiger partial charge on any atom is -0.351 e. The quantitative estimate of drug-likeness (QED) is 0.490. The Morgan fingerprint density at radius 1 is 1.21 bits per heavy atom. The lowest BCUT2D eigenvalue weighted by atomic mass is 10.2. The van der Waals surface area contributed by atoms with Gasteiger partial charge in [-0.05, 0) is 37.6 Å². The first-order chi connectivity index (χ1) is 14.2. The van der Waals surface area contributed by atoms with E-state index in [2.05, 4.69) is 35.1 Å². The van der Waals surface area contributed by atoms with Gasteiger partial charge in [0.2, 0.25) is 11.9 Å². The lowest BCUT2D eigenvalue weighted by Crippen LogP contribution is -2.38. The lowest BCUT2D eigenvalue weighted by molar-refractivity contribution is -0.119. The van der Waals surface area contributed by atoms with E-state index in [-0.39, 0.29) is 11.9 Å². The molecule has 1 aliphatic rings. The zero-order valence-corrected chi connectivity index (χ0v) is 16.8. The molecule has 0 saturated carbocycles. The fraction of sp³-hybridized carbons (Fsp3) is 0.300. The van der Waals surface area contributed by atoms with E-state index >= 15 is 0 Å². The molecule has 1 N–H and O–H groups in total. The molecule has 1 unspecified atom stereocenters. The third kappa shape index (κ3) is 5.05. The molecule has 8 nitrogen and oxygen atoms in total. The van der Waals surface area contributed by atoms with Gasteiger partial charge in [-0.3, -0.25) is 9.78 Å². The number of aromatic nitrogens is 5. The minimum absolute atomic E-state index is 0.0167. The average molecular weight is 408 g/mol. The van der Waals surface area contributed by atoms with Gasteiger partial charge in [-0.1, -0.05) is 11.8 Å². The molecular formula is C20H21N7OS. The van der Waals surface area contributed by atoms with Crippen molar-refractivity contribution >= 4 is 23.6 Å². The molecule has 1 atom stereocenters. The molecule has 3 aromatic rings. The highest BCUT2D eigenvalue weighted by molar-refractivity contribution is 7.99. The van der Waals surface area contributed by atoms with Crippen LogP contribution in [0, 0.1) is 6.92 Å². The van der Waals surface area contributed by atoms with Crippen molar-refractivity contribution in [1.29, 1.82) is 0 Å². The standard InChI is InChI=1S/C20H21N7OS/c1-14-4-8-23-20(24-14)29-13-18(28)25-16-6-10-27(12-16)19-22-9-5-17(26-19)15-3-2-7-21-11-15/h2-5,7-9,11,16H,6,10,12-13H2,1H3,(H,25,28). The molecule has 0 radical (unpaired) electrons. The molecule has 1 aliphatic heterocycles. The van der Waals surface area contributed by atoms with Crippen LogP contribution in [0.15, 0.2) is 54.2 Å². The number of amides is 1. The summed E-state index contributed by atoms with van der Waals surface area (Å²) in [4.78, 5) is 36.1. The molecule has 0 bridgehead atoms. The average Bonchev–Trinajstić information content (AvgIpc) is 3.22. The highest BCUT2D eigenvalue weighted by atomic mass is 32.2. The van der Waals surface area contributed by atoms with Gasteiger partial charge in [-0.15, -0.1) is 0 Å². The summed E-state index contributed by atoms with van der Waals surface area (Å²) in [6.45, 7) is 3.40. The normalized spacial score (nSPS) is 16.0. The summed E-state index contributed by atoms with van der Waals surface area (Å²) >= 11 is 1.34. The van der Waals surface area contributed by atoms with E-state index in [1.165, 1.54) is 11.8 Å². The summed E-state index contributed by atoms with van der Waals surface area (Å²) < 4.78 is 0. The number of nitrogens with zero attached hydrogens (tertiary/aromatic N) is 6. The Balaban J connectivity index is 1.32. The fourth-order valence-corrected chi connectivity index (χ4v) is 3.82. The Morgan fingerprint density at radius 2 is 2.10 bits per heavy atom. The lowest BCUT2D eigenvalue weighted by Gasteiger charge is -2.17. The highest BCUT2D eigenvalue weighted by Gasteiger charge is 2.26. The Hall–Kier alpha value is -3.07. The van der Waals surface area contributed by atoms with Gasteiger partial charge in [0.1, 0.15) is 0 Å². The zero-order valence-electron chi connectivity index (χ0n) is 16.0. The molecule has 29 heavy (non-hydrogen) atoms. The Bertz CT molecular complexity index is 985. The predicted octanol–water partition coefficient (Wildman–Crippen LogP) is 2.12. The Labute approximate surface area is 173 Å². The molecule has 1 fully saturated rings. The third-order valence-electron chi connectivity index (χ3n) is 4.54. The van der Waals surface area contributed by atoms with Gasteiger partial charge in [0, 0.05) is 55.2 Å². The van der Waals surface area contributed by atoms with Crippen LogP contribution < -0.4 is 10.2 Å². The summed E-state index contributed by atoms with van der Waals surface area (Å²) in [5, 5.41) is 3.71. The summed E-state index contributed by atoms with van der Waals surface area (Å²) in [5.74, 6) is 0.954. The summed E-state index contributed by atoms with van der Waals surface area (Å²) in [6, 6.07) is 7.65. The Morgan fingerprint density at radius 3 is 2.93 bits per heavy atom. The van der Waals surface area contributed by atoms with Crippen molar-refractivity contribution < 1.29 is 4.79 Å². The fourth-order valence-electron chi connectivity index (χ4n) is 3.13. The molecule has 0 aromatic carbocycles. The smallest absolute Gasteiger partial charge is 0.230 e. The number of pyridine rings is 1. The highest BCUT2D eigenvalue weighted by Crippen LogP contribution is 2.21. The van der Waals surface area contributed by atoms with Crippen LogP contribution in [0.1, 0.15) is 12.1 Å². The van der Waals surface area contributed by atoms with Crippen molar-refractivity contribution in [1.82, 2.24) is 30.2 Å². The van der Waals surface area contributed by atoms with Crippen LogP contribution in [-0.2, 0) is 4.79 Å². The van der Waals surface area contributed by atoms with Crippen molar-refractivity contribution in [2.24, 2.45) is 0 Å². The molecule has 1 amide bonds. The van der Waals surface area contributed by atoms with Gasteiger partial charge >= 0.3 is 0 Å². The number of anilines is 1. The predicted molar refractivity (Wildman–Crippen MR) is 112 cm³/mol. The second-order valence-corrected chi connectivity index (χ2v) is 7.69. The van der Waals surface area contributed by atoms with Gasteiger partial charge in [-0.2, -0.15) is 0 Å². The third-order valence-corrected chi connectivity index (χ3v) is 5.40. The van der Waals surface area contributed by atoms with Gasteiger partial charge in [-0.25, -0.2) is 19.9 Å². The van der Waals surface area contributed by atoms with Crippen LogP contribution in [0.4, 0.5) is 5.95 Å². The zero-order chi connectivity index (χ0) is 20.1. The number of hydrogen-bond donors (Lipinski definition) is 1. The second kappa shape index (κ2) is 8.95. The molecule has 0 spiro atoms. The summed E-state index contributed by atoms with van der Waals surface area (Å²) in [7, 11) is 0. The molecule has 3 aromatic heterocycles. The number of carbonyl (C=O) groups excluding carboxylic acids is 1. The molecule has 4 rings (SSSR count).